The number of anilines is 1. The van der Waals surface area contributed by atoms with Crippen LogP contribution in [-0.4, -0.2) is 16.7 Å². The predicted octanol–water partition coefficient (Wildman–Crippen LogP) is 2.95. The third-order valence-corrected chi connectivity index (χ3v) is 3.33. The number of halogens is 1. The van der Waals surface area contributed by atoms with Crippen molar-refractivity contribution in [3.8, 4) is 17.0 Å². The zero-order valence-electron chi connectivity index (χ0n) is 10.9. The summed E-state index contributed by atoms with van der Waals surface area (Å²) < 4.78 is 7.28. The first kappa shape index (κ1) is 12.8. The molecule has 18 heavy (non-hydrogen) atoms. The van der Waals surface area contributed by atoms with E-state index in [0.717, 1.165) is 28.3 Å². The molecule has 0 radical (unpaired) electrons. The summed E-state index contributed by atoms with van der Waals surface area (Å²) in [5.41, 5.74) is 9.45. The second kappa shape index (κ2) is 4.53. The largest absolute Gasteiger partial charge is 0.496 e. The number of methoxy groups -OCH3 is 1. The molecule has 0 spiro atoms. The van der Waals surface area contributed by atoms with Crippen LogP contribution < -0.4 is 10.5 Å². The fourth-order valence-corrected chi connectivity index (χ4v) is 2.31. The van der Waals surface area contributed by atoms with E-state index >= 15 is 0 Å². The van der Waals surface area contributed by atoms with E-state index in [1.165, 1.54) is 0 Å². The summed E-state index contributed by atoms with van der Waals surface area (Å²) in [5, 5.41) is 0.659. The van der Waals surface area contributed by atoms with Crippen LogP contribution in [0, 0.1) is 13.8 Å². The maximum absolute atomic E-state index is 6.11. The van der Waals surface area contributed by atoms with Crippen LogP contribution in [0.25, 0.3) is 11.3 Å². The normalized spacial score (nSPS) is 10.7. The highest BCUT2D eigenvalue weighted by molar-refractivity contribution is 6.31. The fourth-order valence-electron chi connectivity index (χ4n) is 2.03. The molecular formula is C13H16ClN3O. The number of nitrogens with zero attached hydrogens (tertiary/aromatic N) is 2. The third-order valence-electron chi connectivity index (χ3n) is 3.11. The minimum Gasteiger partial charge on any atom is -0.496 e. The van der Waals surface area contributed by atoms with Crippen molar-refractivity contribution >= 4 is 17.5 Å². The van der Waals surface area contributed by atoms with Crippen molar-refractivity contribution in [2.75, 3.05) is 12.8 Å². The van der Waals surface area contributed by atoms with E-state index in [-0.39, 0.29) is 0 Å². The Morgan fingerprint density at radius 2 is 2.00 bits per heavy atom. The van der Waals surface area contributed by atoms with Gasteiger partial charge >= 0.3 is 0 Å². The molecule has 0 aliphatic rings. The number of ether oxygens (including phenoxy) is 1. The molecule has 0 aliphatic carbocycles. The van der Waals surface area contributed by atoms with E-state index in [1.807, 2.05) is 37.6 Å². The van der Waals surface area contributed by atoms with E-state index in [1.54, 1.807) is 7.11 Å². The molecule has 1 heterocycles. The summed E-state index contributed by atoms with van der Waals surface area (Å²) in [7, 11) is 3.52. The van der Waals surface area contributed by atoms with Crippen LogP contribution in [0.2, 0.25) is 5.02 Å². The molecule has 96 valence electrons. The number of rotatable bonds is 2. The Morgan fingerprint density at radius 1 is 1.33 bits per heavy atom. The summed E-state index contributed by atoms with van der Waals surface area (Å²) in [6.07, 6.45) is 0. The minimum atomic E-state index is 0.474. The number of imidazole rings is 1. The van der Waals surface area contributed by atoms with Gasteiger partial charge in [0.15, 0.2) is 0 Å². The number of hydrogen-bond donors (Lipinski definition) is 1. The number of hydrogen-bond acceptors (Lipinski definition) is 3. The molecule has 0 fully saturated rings. The molecule has 0 saturated carbocycles. The Balaban J connectivity index is 2.73. The van der Waals surface area contributed by atoms with Crippen LogP contribution in [0.15, 0.2) is 12.1 Å². The zero-order valence-corrected chi connectivity index (χ0v) is 11.7. The Morgan fingerprint density at radius 3 is 2.50 bits per heavy atom. The number of aryl methyl sites for hydroxylation is 1. The van der Waals surface area contributed by atoms with Crippen molar-refractivity contribution in [1.29, 1.82) is 0 Å². The molecule has 0 saturated heterocycles. The maximum atomic E-state index is 6.11. The van der Waals surface area contributed by atoms with Gasteiger partial charge in [-0.25, -0.2) is 4.98 Å². The topological polar surface area (TPSA) is 53.1 Å². The Kier molecular flexibility index (Phi) is 3.22. The Bertz CT molecular complexity index is 605. The molecule has 1 aromatic carbocycles. The first-order valence-corrected chi connectivity index (χ1v) is 5.96. The summed E-state index contributed by atoms with van der Waals surface area (Å²) in [5.74, 6) is 1.25. The van der Waals surface area contributed by atoms with Gasteiger partial charge in [-0.2, -0.15) is 0 Å². The third kappa shape index (κ3) is 1.93. The monoisotopic (exact) mass is 265 g/mol. The molecule has 4 nitrogen and oxygen atoms in total. The zero-order chi connectivity index (χ0) is 13.4. The van der Waals surface area contributed by atoms with Gasteiger partial charge in [0.05, 0.1) is 12.8 Å². The van der Waals surface area contributed by atoms with Crippen LogP contribution in [0.5, 0.6) is 5.75 Å². The van der Waals surface area contributed by atoms with Crippen molar-refractivity contribution in [2.24, 2.45) is 7.05 Å². The highest BCUT2D eigenvalue weighted by Crippen LogP contribution is 2.37. The van der Waals surface area contributed by atoms with Gasteiger partial charge in [0.25, 0.3) is 0 Å². The summed E-state index contributed by atoms with van der Waals surface area (Å²) in [6.45, 7) is 3.92. The fraction of sp³-hybridized carbons (Fsp3) is 0.308. The number of benzene rings is 1. The van der Waals surface area contributed by atoms with Gasteiger partial charge in [-0.15, -0.1) is 0 Å². The second-order valence-electron chi connectivity index (χ2n) is 4.27. The Hall–Kier alpha value is -1.68. The predicted molar refractivity (Wildman–Crippen MR) is 74.1 cm³/mol. The van der Waals surface area contributed by atoms with Crippen LogP contribution >= 0.6 is 11.6 Å². The van der Waals surface area contributed by atoms with Gasteiger partial charge < -0.3 is 15.0 Å². The smallest absolute Gasteiger partial charge is 0.200 e. The summed E-state index contributed by atoms with van der Waals surface area (Å²) in [6, 6.07) is 3.72. The molecule has 0 bridgehead atoms. The van der Waals surface area contributed by atoms with Gasteiger partial charge in [-0.1, -0.05) is 11.6 Å². The molecule has 2 rings (SSSR count). The van der Waals surface area contributed by atoms with Gasteiger partial charge in [0, 0.05) is 23.3 Å². The molecular weight excluding hydrogens is 250 g/mol. The average molecular weight is 266 g/mol. The lowest BCUT2D eigenvalue weighted by atomic mass is 10.1. The van der Waals surface area contributed by atoms with Crippen molar-refractivity contribution in [1.82, 2.24) is 9.55 Å². The SMILES string of the molecule is COc1c(C)cc(Cl)cc1-c1nc(N)n(C)c1C. The number of aromatic nitrogens is 2. The molecule has 0 unspecified atom stereocenters. The van der Waals surface area contributed by atoms with Crippen LogP contribution in [0.1, 0.15) is 11.3 Å². The summed E-state index contributed by atoms with van der Waals surface area (Å²) >= 11 is 6.11. The second-order valence-corrected chi connectivity index (χ2v) is 4.70. The maximum Gasteiger partial charge on any atom is 0.200 e. The van der Waals surface area contributed by atoms with E-state index in [0.29, 0.717) is 11.0 Å². The van der Waals surface area contributed by atoms with Gasteiger partial charge in [0.1, 0.15) is 5.75 Å². The van der Waals surface area contributed by atoms with Crippen molar-refractivity contribution in [2.45, 2.75) is 13.8 Å². The molecule has 1 aromatic heterocycles. The van der Waals surface area contributed by atoms with E-state index in [4.69, 9.17) is 22.1 Å². The number of nitrogen functional groups attached to an aromatic ring is 1. The van der Waals surface area contributed by atoms with E-state index in [2.05, 4.69) is 4.98 Å². The lowest BCUT2D eigenvalue weighted by Crippen LogP contribution is -1.97. The van der Waals surface area contributed by atoms with Gasteiger partial charge in [-0.05, 0) is 31.5 Å². The van der Waals surface area contributed by atoms with Crippen LogP contribution in [-0.2, 0) is 7.05 Å². The minimum absolute atomic E-state index is 0.474. The van der Waals surface area contributed by atoms with Gasteiger partial charge in [-0.3, -0.25) is 0 Å². The molecule has 5 heteroatoms. The highest BCUT2D eigenvalue weighted by atomic mass is 35.5. The first-order valence-electron chi connectivity index (χ1n) is 5.59. The summed E-state index contributed by atoms with van der Waals surface area (Å²) in [4.78, 5) is 4.37. The molecule has 0 atom stereocenters. The van der Waals surface area contributed by atoms with E-state index in [9.17, 15) is 0 Å². The quantitative estimate of drug-likeness (QED) is 0.908. The standard InChI is InChI=1S/C13H16ClN3O/c1-7-5-9(14)6-10(12(7)18-4)11-8(2)17(3)13(15)16-11/h5-6H,1-4H3,(H2,15,16). The Labute approximate surface area is 111 Å². The van der Waals surface area contributed by atoms with Crippen molar-refractivity contribution in [3.05, 3.63) is 28.4 Å². The molecule has 0 amide bonds. The average Bonchev–Trinajstić information content (AvgIpc) is 2.56. The number of nitrogens with two attached hydrogens (primary N) is 1. The lowest BCUT2D eigenvalue weighted by molar-refractivity contribution is 0.413. The molecule has 0 aliphatic heterocycles. The van der Waals surface area contributed by atoms with Crippen molar-refractivity contribution in [3.63, 3.8) is 0 Å². The first-order chi connectivity index (χ1) is 8.45. The van der Waals surface area contributed by atoms with Crippen LogP contribution in [0.4, 0.5) is 5.95 Å². The van der Waals surface area contributed by atoms with Crippen LogP contribution in [0.3, 0.4) is 0 Å². The highest BCUT2D eigenvalue weighted by Gasteiger charge is 2.17. The molecule has 2 aromatic rings. The van der Waals surface area contributed by atoms with Gasteiger partial charge in [0.2, 0.25) is 5.95 Å². The lowest BCUT2D eigenvalue weighted by Gasteiger charge is -2.11. The molecule has 2 N–H and O–H groups in total. The van der Waals surface area contributed by atoms with Crippen molar-refractivity contribution < 1.29 is 4.74 Å². The van der Waals surface area contributed by atoms with E-state index < -0.39 is 0 Å².